The van der Waals surface area contributed by atoms with E-state index < -0.39 is 0 Å². The summed E-state index contributed by atoms with van der Waals surface area (Å²) < 4.78 is 6.58. The van der Waals surface area contributed by atoms with E-state index >= 15 is 0 Å². The first-order valence-corrected chi connectivity index (χ1v) is 31.1. The van der Waals surface area contributed by atoms with Crippen LogP contribution in [0.1, 0.15) is 279 Å². The van der Waals surface area contributed by atoms with Gasteiger partial charge in [0.2, 0.25) is 0 Å². The van der Waals surface area contributed by atoms with Gasteiger partial charge in [-0.25, -0.2) is 0 Å². The van der Waals surface area contributed by atoms with Crippen LogP contribution in [0.15, 0.2) is 24.3 Å². The minimum absolute atomic E-state index is 0.133. The van der Waals surface area contributed by atoms with Crippen LogP contribution in [0.4, 0.5) is 0 Å². The average molecular weight is 940 g/mol. The Hall–Kier alpha value is -1.46. The van der Waals surface area contributed by atoms with Crippen molar-refractivity contribution in [2.24, 2.45) is 0 Å². The maximum Gasteiger partial charge on any atom is 0.0501 e. The fraction of sp³-hybridized carbons (Fsp3) is 0.700. The molecule has 0 N–H and O–H groups in total. The zero-order chi connectivity index (χ0) is 44.8. The molecule has 0 fully saturated rings. The lowest BCUT2D eigenvalue weighted by Crippen LogP contribution is -2.27. The first-order chi connectivity index (χ1) is 31.5. The number of fused-ring (bicyclic) bond motifs is 10. The van der Waals surface area contributed by atoms with Gasteiger partial charge in [-0.1, -0.05) is 208 Å². The molecule has 0 unspecified atom stereocenters. The summed E-state index contributed by atoms with van der Waals surface area (Å²) in [5.74, 6) is 0. The van der Waals surface area contributed by atoms with Crippen molar-refractivity contribution in [3.8, 4) is 20.9 Å². The Morgan fingerprint density at radius 3 is 0.953 bits per heavy atom. The van der Waals surface area contributed by atoms with Crippen molar-refractivity contribution in [3.63, 3.8) is 0 Å². The number of hydrogen-bond acceptors (Lipinski definition) is 4. The quantitative estimate of drug-likeness (QED) is 0.0361. The van der Waals surface area contributed by atoms with E-state index in [4.69, 9.17) is 0 Å². The zero-order valence-electron chi connectivity index (χ0n) is 42.0. The summed E-state index contributed by atoms with van der Waals surface area (Å²) in [6, 6.07) is 11.1. The van der Waals surface area contributed by atoms with Crippen LogP contribution in [0.25, 0.3) is 39.7 Å². The van der Waals surface area contributed by atoms with Crippen molar-refractivity contribution in [2.45, 2.75) is 271 Å². The molecule has 5 aromatic rings. The maximum absolute atomic E-state index is 2.91. The van der Waals surface area contributed by atoms with Gasteiger partial charge in [0.25, 0.3) is 0 Å². The van der Waals surface area contributed by atoms with E-state index in [-0.39, 0.29) is 10.8 Å². The first-order valence-electron chi connectivity index (χ1n) is 27.8. The molecular weight excluding hydrogens is 849 g/mol. The molecule has 2 aliphatic rings. The van der Waals surface area contributed by atoms with E-state index in [1.807, 2.05) is 0 Å². The number of thiophene rings is 4. The molecule has 64 heavy (non-hydrogen) atoms. The van der Waals surface area contributed by atoms with Crippen LogP contribution in [-0.4, -0.2) is 0 Å². The molecule has 7 rings (SSSR count). The van der Waals surface area contributed by atoms with Gasteiger partial charge in [0, 0.05) is 39.7 Å². The van der Waals surface area contributed by atoms with Crippen molar-refractivity contribution >= 4 is 64.1 Å². The molecule has 4 heterocycles. The highest BCUT2D eigenvalue weighted by atomic mass is 32.1. The highest BCUT2D eigenvalue weighted by Crippen LogP contribution is 2.66. The molecule has 4 aromatic heterocycles. The standard InChI is InChI=1S/C60H90S4/c1-7-13-19-25-27-29-35-45-41-51-57(61-45)53-55(63-51)47-43-50-48(44-49(47)59(53,37-31-21-15-9-3)38-32-22-16-10-4)56-54(60(50,39-33-23-17-11-5)40-34-24-18-12-6)58-52(64-56)42-46(62-58)36-30-28-26-20-14-8-2/h41-44H,7-40H2,1-6H3. The SMILES string of the molecule is CCCCCCCCc1cc2sc3c(c2s1)C(CCCCCC)(CCCCCC)c1cc2c(cc1-3)C(CCCCCC)(CCCCCC)c1c-2sc2cc(CCCCCCCC)sc12. The fourth-order valence-corrected chi connectivity index (χ4v) is 18.1. The van der Waals surface area contributed by atoms with Gasteiger partial charge < -0.3 is 0 Å². The smallest absolute Gasteiger partial charge is 0.0501 e. The largest absolute Gasteiger partial charge is 0.139 e. The summed E-state index contributed by atoms with van der Waals surface area (Å²) in [5.41, 5.74) is 10.7. The lowest BCUT2D eigenvalue weighted by atomic mass is 9.68. The third kappa shape index (κ3) is 11.2. The van der Waals surface area contributed by atoms with Crippen molar-refractivity contribution in [3.05, 3.63) is 56.3 Å². The lowest BCUT2D eigenvalue weighted by molar-refractivity contribution is 0.400. The Kier molecular flexibility index (Phi) is 19.9. The van der Waals surface area contributed by atoms with Crippen molar-refractivity contribution < 1.29 is 0 Å². The van der Waals surface area contributed by atoms with Gasteiger partial charge in [0.15, 0.2) is 0 Å². The number of aryl methyl sites for hydroxylation is 2. The summed E-state index contributed by atoms with van der Waals surface area (Å²) in [5, 5.41) is 0. The van der Waals surface area contributed by atoms with E-state index in [0.717, 1.165) is 0 Å². The number of hydrogen-bond donors (Lipinski definition) is 0. The summed E-state index contributed by atoms with van der Waals surface area (Å²) >= 11 is 8.84. The molecule has 1 aromatic carbocycles. The molecule has 0 bridgehead atoms. The lowest BCUT2D eigenvalue weighted by Gasteiger charge is -2.35. The van der Waals surface area contributed by atoms with Crippen LogP contribution in [0, 0.1) is 0 Å². The van der Waals surface area contributed by atoms with E-state index in [1.54, 1.807) is 71.7 Å². The Morgan fingerprint density at radius 2 is 0.625 bits per heavy atom. The predicted octanol–water partition coefficient (Wildman–Crippen LogP) is 22.5. The Bertz CT molecular complexity index is 1970. The summed E-state index contributed by atoms with van der Waals surface area (Å²) in [7, 11) is 0. The molecule has 0 saturated carbocycles. The fourth-order valence-electron chi connectivity index (χ4n) is 12.3. The van der Waals surface area contributed by atoms with Gasteiger partial charge in [-0.2, -0.15) is 0 Å². The summed E-state index contributed by atoms with van der Waals surface area (Å²) in [6.45, 7) is 14.2. The summed E-state index contributed by atoms with van der Waals surface area (Å²) in [4.78, 5) is 6.67. The van der Waals surface area contributed by atoms with Gasteiger partial charge in [0.05, 0.1) is 9.40 Å². The number of unbranched alkanes of at least 4 members (excludes halogenated alkanes) is 22. The molecule has 0 nitrogen and oxygen atoms in total. The molecule has 4 heteroatoms. The van der Waals surface area contributed by atoms with Crippen LogP contribution >= 0.6 is 45.3 Å². The normalized spacial score (nSPS) is 14.6. The third-order valence-corrected chi connectivity index (χ3v) is 20.9. The average Bonchev–Trinajstić information content (AvgIpc) is 4.13. The predicted molar refractivity (Wildman–Crippen MR) is 295 cm³/mol. The molecular formula is C60H90S4. The first kappa shape index (κ1) is 50.4. The molecule has 0 radical (unpaired) electrons. The van der Waals surface area contributed by atoms with Gasteiger partial charge in [-0.05, 0) is 109 Å². The van der Waals surface area contributed by atoms with Gasteiger partial charge in [-0.15, -0.1) is 45.3 Å². The van der Waals surface area contributed by atoms with E-state index in [1.165, 1.54) is 218 Å². The molecule has 0 saturated heterocycles. The third-order valence-electron chi connectivity index (χ3n) is 15.8. The monoisotopic (exact) mass is 939 g/mol. The highest BCUT2D eigenvalue weighted by Gasteiger charge is 2.51. The molecule has 0 aliphatic heterocycles. The van der Waals surface area contributed by atoms with Crippen molar-refractivity contribution in [1.82, 2.24) is 0 Å². The number of benzene rings is 1. The zero-order valence-corrected chi connectivity index (χ0v) is 45.3. The van der Waals surface area contributed by atoms with E-state index in [9.17, 15) is 0 Å². The second kappa shape index (κ2) is 25.2. The van der Waals surface area contributed by atoms with Crippen LogP contribution in [0.2, 0.25) is 0 Å². The van der Waals surface area contributed by atoms with Crippen LogP contribution in [0.5, 0.6) is 0 Å². The van der Waals surface area contributed by atoms with Crippen molar-refractivity contribution in [1.29, 1.82) is 0 Å². The van der Waals surface area contributed by atoms with Gasteiger partial charge in [-0.3, -0.25) is 0 Å². The molecule has 0 spiro atoms. The second-order valence-electron chi connectivity index (χ2n) is 20.8. The minimum Gasteiger partial charge on any atom is -0.139 e. The maximum atomic E-state index is 2.91. The molecule has 2 aliphatic carbocycles. The highest BCUT2D eigenvalue weighted by molar-refractivity contribution is 7.30. The minimum atomic E-state index is 0.133. The van der Waals surface area contributed by atoms with Crippen molar-refractivity contribution in [2.75, 3.05) is 0 Å². The van der Waals surface area contributed by atoms with Crippen LogP contribution < -0.4 is 0 Å². The topological polar surface area (TPSA) is 0 Å². The van der Waals surface area contributed by atoms with Crippen LogP contribution in [0.3, 0.4) is 0 Å². The molecule has 354 valence electrons. The van der Waals surface area contributed by atoms with Gasteiger partial charge in [0.1, 0.15) is 0 Å². The van der Waals surface area contributed by atoms with Crippen LogP contribution in [-0.2, 0) is 23.7 Å². The Morgan fingerprint density at radius 1 is 0.328 bits per heavy atom. The van der Waals surface area contributed by atoms with Gasteiger partial charge >= 0.3 is 0 Å². The Balaban J connectivity index is 1.35. The molecule has 0 atom stereocenters. The van der Waals surface area contributed by atoms with E-state index in [0.29, 0.717) is 0 Å². The Labute approximate surface area is 409 Å². The molecule has 0 amide bonds. The van der Waals surface area contributed by atoms with E-state index in [2.05, 4.69) is 111 Å². The number of rotatable bonds is 34. The second-order valence-corrected chi connectivity index (χ2v) is 25.2. The summed E-state index contributed by atoms with van der Waals surface area (Å²) in [6.07, 6.45) is 46.0.